The minimum Gasteiger partial charge on any atom is -0.373 e. The maximum absolute atomic E-state index is 4.87. The van der Waals surface area contributed by atoms with Crippen LogP contribution in [0.3, 0.4) is 0 Å². The second-order valence-corrected chi connectivity index (χ2v) is 5.69. The number of hydrogen-bond donors (Lipinski definition) is 1. The Morgan fingerprint density at radius 2 is 2.05 bits per heavy atom. The van der Waals surface area contributed by atoms with E-state index >= 15 is 0 Å². The Bertz CT molecular complexity index is 444. The molecule has 0 radical (unpaired) electrons. The van der Waals surface area contributed by atoms with Gasteiger partial charge in [-0.3, -0.25) is 0 Å². The molecule has 1 aromatic rings. The first kappa shape index (κ1) is 15.1. The summed E-state index contributed by atoms with van der Waals surface area (Å²) in [5.41, 5.74) is 1.19. The number of hydrogen-bond acceptors (Lipinski definition) is 4. The van der Waals surface area contributed by atoms with E-state index in [0.717, 1.165) is 36.8 Å². The van der Waals surface area contributed by atoms with Crippen LogP contribution in [-0.4, -0.2) is 29.6 Å². The van der Waals surface area contributed by atoms with E-state index in [9.17, 15) is 0 Å². The van der Waals surface area contributed by atoms with Crippen molar-refractivity contribution in [2.75, 3.05) is 23.8 Å². The van der Waals surface area contributed by atoms with Gasteiger partial charge in [0, 0.05) is 31.6 Å². The molecule has 2 heterocycles. The highest BCUT2D eigenvalue weighted by molar-refractivity contribution is 5.59. The smallest absolute Gasteiger partial charge is 0.137 e. The van der Waals surface area contributed by atoms with Crippen LogP contribution in [-0.2, 0) is 6.42 Å². The van der Waals surface area contributed by atoms with E-state index < -0.39 is 0 Å². The molecule has 1 aromatic heterocycles. The molecule has 1 aliphatic heterocycles. The van der Waals surface area contributed by atoms with E-state index in [2.05, 4.69) is 36.0 Å². The number of aryl methyl sites for hydroxylation is 1. The normalized spacial score (nSPS) is 19.2. The maximum Gasteiger partial charge on any atom is 0.137 e. The predicted molar refractivity (Wildman–Crippen MR) is 85.6 cm³/mol. The van der Waals surface area contributed by atoms with Gasteiger partial charge in [0.25, 0.3) is 0 Å². The molecule has 0 spiro atoms. The van der Waals surface area contributed by atoms with Crippen LogP contribution in [0.25, 0.3) is 0 Å². The Balaban J connectivity index is 2.39. The highest BCUT2D eigenvalue weighted by Crippen LogP contribution is 2.30. The van der Waals surface area contributed by atoms with Crippen molar-refractivity contribution in [3.63, 3.8) is 0 Å². The van der Waals surface area contributed by atoms with Gasteiger partial charge in [0.1, 0.15) is 17.5 Å². The molecular formula is C16H28N4. The zero-order valence-electron chi connectivity index (χ0n) is 13.4. The number of nitrogens with one attached hydrogen (secondary N) is 1. The van der Waals surface area contributed by atoms with Gasteiger partial charge >= 0.3 is 0 Å². The highest BCUT2D eigenvalue weighted by atomic mass is 15.2. The SMILES string of the molecule is CCCc1nc(NC)c(C)c(N2CCCCC2CC)n1. The summed E-state index contributed by atoms with van der Waals surface area (Å²) in [6.45, 7) is 7.73. The van der Waals surface area contributed by atoms with Crippen molar-refractivity contribution in [3.05, 3.63) is 11.4 Å². The molecule has 112 valence electrons. The fourth-order valence-corrected chi connectivity index (χ4v) is 3.11. The van der Waals surface area contributed by atoms with Crippen LogP contribution < -0.4 is 10.2 Å². The van der Waals surface area contributed by atoms with Crippen molar-refractivity contribution >= 4 is 11.6 Å². The molecular weight excluding hydrogens is 248 g/mol. The average Bonchev–Trinajstić information content (AvgIpc) is 2.49. The van der Waals surface area contributed by atoms with Gasteiger partial charge in [0.05, 0.1) is 0 Å². The summed E-state index contributed by atoms with van der Waals surface area (Å²) in [4.78, 5) is 12.0. The summed E-state index contributed by atoms with van der Waals surface area (Å²) in [6, 6.07) is 0.636. The van der Waals surface area contributed by atoms with Crippen LogP contribution in [0, 0.1) is 6.92 Å². The number of aromatic nitrogens is 2. The van der Waals surface area contributed by atoms with Crippen LogP contribution >= 0.6 is 0 Å². The van der Waals surface area contributed by atoms with E-state index in [-0.39, 0.29) is 0 Å². The van der Waals surface area contributed by atoms with Gasteiger partial charge in [-0.15, -0.1) is 0 Å². The number of nitrogens with zero attached hydrogens (tertiary/aromatic N) is 3. The number of anilines is 2. The third kappa shape index (κ3) is 3.05. The van der Waals surface area contributed by atoms with E-state index in [1.54, 1.807) is 0 Å². The summed E-state index contributed by atoms with van der Waals surface area (Å²) >= 11 is 0. The zero-order valence-corrected chi connectivity index (χ0v) is 13.4. The first-order chi connectivity index (χ1) is 9.71. The largest absolute Gasteiger partial charge is 0.373 e. The van der Waals surface area contributed by atoms with E-state index in [1.807, 2.05) is 7.05 Å². The molecule has 1 aliphatic rings. The fourth-order valence-electron chi connectivity index (χ4n) is 3.11. The molecule has 1 unspecified atom stereocenters. The van der Waals surface area contributed by atoms with Crippen molar-refractivity contribution in [1.29, 1.82) is 0 Å². The third-order valence-corrected chi connectivity index (χ3v) is 4.25. The lowest BCUT2D eigenvalue weighted by molar-refractivity contribution is 0.445. The van der Waals surface area contributed by atoms with Gasteiger partial charge in [-0.1, -0.05) is 13.8 Å². The van der Waals surface area contributed by atoms with E-state index in [0.29, 0.717) is 6.04 Å². The Morgan fingerprint density at radius 3 is 2.70 bits per heavy atom. The van der Waals surface area contributed by atoms with Gasteiger partial charge in [-0.2, -0.15) is 0 Å². The van der Waals surface area contributed by atoms with Crippen LogP contribution in [0.15, 0.2) is 0 Å². The van der Waals surface area contributed by atoms with Crippen LogP contribution in [0.4, 0.5) is 11.6 Å². The first-order valence-corrected chi connectivity index (χ1v) is 8.03. The molecule has 0 amide bonds. The monoisotopic (exact) mass is 276 g/mol. The Labute approximate surface area is 123 Å². The molecule has 1 N–H and O–H groups in total. The summed E-state index contributed by atoms with van der Waals surface area (Å²) in [5.74, 6) is 3.11. The molecule has 0 aliphatic carbocycles. The lowest BCUT2D eigenvalue weighted by Gasteiger charge is -2.37. The molecule has 4 nitrogen and oxygen atoms in total. The van der Waals surface area contributed by atoms with E-state index in [1.165, 1.54) is 31.2 Å². The fraction of sp³-hybridized carbons (Fsp3) is 0.750. The summed E-state index contributed by atoms with van der Waals surface area (Å²) in [6.07, 6.45) is 7.15. The average molecular weight is 276 g/mol. The Hall–Kier alpha value is -1.32. The molecule has 0 saturated carbocycles. The molecule has 1 atom stereocenters. The van der Waals surface area contributed by atoms with Crippen molar-refractivity contribution in [1.82, 2.24) is 9.97 Å². The Kier molecular flexibility index (Phi) is 5.21. The van der Waals surface area contributed by atoms with E-state index in [4.69, 9.17) is 4.98 Å². The lowest BCUT2D eigenvalue weighted by atomic mass is 9.99. The van der Waals surface area contributed by atoms with Crippen molar-refractivity contribution in [2.24, 2.45) is 0 Å². The minimum absolute atomic E-state index is 0.636. The quantitative estimate of drug-likeness (QED) is 0.893. The van der Waals surface area contributed by atoms with Crippen LogP contribution in [0.1, 0.15) is 57.3 Å². The van der Waals surface area contributed by atoms with Crippen LogP contribution in [0.5, 0.6) is 0 Å². The topological polar surface area (TPSA) is 41.1 Å². The van der Waals surface area contributed by atoms with Crippen molar-refractivity contribution in [3.8, 4) is 0 Å². The summed E-state index contributed by atoms with van der Waals surface area (Å²) < 4.78 is 0. The zero-order chi connectivity index (χ0) is 14.5. The number of rotatable bonds is 5. The van der Waals surface area contributed by atoms with Gasteiger partial charge < -0.3 is 10.2 Å². The molecule has 2 rings (SSSR count). The van der Waals surface area contributed by atoms with Gasteiger partial charge in [-0.25, -0.2) is 9.97 Å². The molecule has 4 heteroatoms. The molecule has 1 fully saturated rings. The number of piperidine rings is 1. The van der Waals surface area contributed by atoms with Crippen LogP contribution in [0.2, 0.25) is 0 Å². The lowest BCUT2D eigenvalue weighted by Crippen LogP contribution is -2.40. The molecule has 0 aromatic carbocycles. The summed E-state index contributed by atoms with van der Waals surface area (Å²) in [7, 11) is 1.95. The molecule has 0 bridgehead atoms. The van der Waals surface area contributed by atoms with Crippen molar-refractivity contribution in [2.45, 2.75) is 65.3 Å². The standard InChI is InChI=1S/C16H28N4/c1-5-9-14-18-15(17-4)12(3)16(19-14)20-11-8-7-10-13(20)6-2/h13H,5-11H2,1-4H3,(H,17,18,19). The van der Waals surface area contributed by atoms with Gasteiger partial charge in [0.2, 0.25) is 0 Å². The first-order valence-electron chi connectivity index (χ1n) is 8.03. The Morgan fingerprint density at radius 1 is 1.25 bits per heavy atom. The molecule has 1 saturated heterocycles. The second kappa shape index (κ2) is 6.91. The van der Waals surface area contributed by atoms with Gasteiger partial charge in [0.15, 0.2) is 0 Å². The highest BCUT2D eigenvalue weighted by Gasteiger charge is 2.25. The maximum atomic E-state index is 4.87. The summed E-state index contributed by atoms with van der Waals surface area (Å²) in [5, 5.41) is 3.23. The molecule has 20 heavy (non-hydrogen) atoms. The predicted octanol–water partition coefficient (Wildman–Crippen LogP) is 3.55. The second-order valence-electron chi connectivity index (χ2n) is 5.69. The third-order valence-electron chi connectivity index (χ3n) is 4.25. The minimum atomic E-state index is 0.636. The van der Waals surface area contributed by atoms with Crippen molar-refractivity contribution < 1.29 is 0 Å². The van der Waals surface area contributed by atoms with Gasteiger partial charge in [-0.05, 0) is 39.0 Å².